The van der Waals surface area contributed by atoms with E-state index in [-0.39, 0.29) is 0 Å². The van der Waals surface area contributed by atoms with Crippen LogP contribution < -0.4 is 5.32 Å². The molecular formula is C17H27N. The van der Waals surface area contributed by atoms with Crippen molar-refractivity contribution in [3.8, 4) is 0 Å². The van der Waals surface area contributed by atoms with Gasteiger partial charge < -0.3 is 5.32 Å². The zero-order valence-electron chi connectivity index (χ0n) is 11.9. The van der Waals surface area contributed by atoms with E-state index in [9.17, 15) is 0 Å². The molecule has 1 N–H and O–H groups in total. The van der Waals surface area contributed by atoms with Crippen molar-refractivity contribution in [2.45, 2.75) is 58.4 Å². The third-order valence-corrected chi connectivity index (χ3v) is 4.75. The summed E-state index contributed by atoms with van der Waals surface area (Å²) in [6, 6.07) is 11.4. The van der Waals surface area contributed by atoms with E-state index >= 15 is 0 Å². The SMILES string of the molecule is CCC(NCC1(CC)CCCC1)c1ccccc1. The molecule has 1 fully saturated rings. The summed E-state index contributed by atoms with van der Waals surface area (Å²) >= 11 is 0. The standard InChI is InChI=1S/C17H27N/c1-3-16(15-10-6-5-7-11-15)18-14-17(4-2)12-8-9-13-17/h5-7,10-11,16,18H,3-4,8-9,12-14H2,1-2H3. The van der Waals surface area contributed by atoms with Gasteiger partial charge in [0.25, 0.3) is 0 Å². The molecule has 0 bridgehead atoms. The van der Waals surface area contributed by atoms with Crippen molar-refractivity contribution in [1.29, 1.82) is 0 Å². The molecule has 0 heterocycles. The molecule has 2 rings (SSSR count). The largest absolute Gasteiger partial charge is 0.309 e. The van der Waals surface area contributed by atoms with Crippen molar-refractivity contribution in [3.63, 3.8) is 0 Å². The molecule has 1 atom stereocenters. The van der Waals surface area contributed by atoms with Gasteiger partial charge in [-0.1, -0.05) is 57.0 Å². The van der Waals surface area contributed by atoms with Crippen molar-refractivity contribution in [1.82, 2.24) is 5.32 Å². The van der Waals surface area contributed by atoms with Gasteiger partial charge >= 0.3 is 0 Å². The van der Waals surface area contributed by atoms with Gasteiger partial charge in [-0.3, -0.25) is 0 Å². The zero-order chi connectivity index (χ0) is 12.8. The van der Waals surface area contributed by atoms with E-state index in [2.05, 4.69) is 49.5 Å². The van der Waals surface area contributed by atoms with Crippen LogP contribution in [0.25, 0.3) is 0 Å². The first kappa shape index (κ1) is 13.6. The fraction of sp³-hybridized carbons (Fsp3) is 0.647. The highest BCUT2D eigenvalue weighted by Crippen LogP contribution is 2.40. The summed E-state index contributed by atoms with van der Waals surface area (Å²) in [5.74, 6) is 0. The lowest BCUT2D eigenvalue weighted by molar-refractivity contribution is 0.254. The maximum atomic E-state index is 3.82. The van der Waals surface area contributed by atoms with Crippen LogP contribution in [-0.2, 0) is 0 Å². The average molecular weight is 245 g/mol. The van der Waals surface area contributed by atoms with Gasteiger partial charge in [0.2, 0.25) is 0 Å². The fourth-order valence-corrected chi connectivity index (χ4v) is 3.30. The molecular weight excluding hydrogens is 218 g/mol. The molecule has 100 valence electrons. The second kappa shape index (κ2) is 6.38. The first-order valence-corrected chi connectivity index (χ1v) is 7.58. The van der Waals surface area contributed by atoms with Crippen LogP contribution in [0.15, 0.2) is 30.3 Å². The fourth-order valence-electron chi connectivity index (χ4n) is 3.30. The van der Waals surface area contributed by atoms with Gasteiger partial charge in [-0.05, 0) is 36.7 Å². The molecule has 0 amide bonds. The quantitative estimate of drug-likeness (QED) is 0.766. The van der Waals surface area contributed by atoms with E-state index in [0.717, 1.165) is 0 Å². The smallest absolute Gasteiger partial charge is 0.0317 e. The van der Waals surface area contributed by atoms with Gasteiger partial charge in [0.15, 0.2) is 0 Å². The zero-order valence-corrected chi connectivity index (χ0v) is 11.9. The van der Waals surface area contributed by atoms with Crippen LogP contribution in [0.4, 0.5) is 0 Å². The number of hydrogen-bond donors (Lipinski definition) is 1. The Morgan fingerprint density at radius 2 is 1.78 bits per heavy atom. The minimum Gasteiger partial charge on any atom is -0.309 e. The van der Waals surface area contributed by atoms with Crippen molar-refractivity contribution in [3.05, 3.63) is 35.9 Å². The topological polar surface area (TPSA) is 12.0 Å². The minimum absolute atomic E-state index is 0.523. The van der Waals surface area contributed by atoms with Gasteiger partial charge in [0, 0.05) is 12.6 Å². The summed E-state index contributed by atoms with van der Waals surface area (Å²) in [7, 11) is 0. The molecule has 0 aromatic heterocycles. The van der Waals surface area contributed by atoms with E-state index in [1.807, 2.05) is 0 Å². The Hall–Kier alpha value is -0.820. The van der Waals surface area contributed by atoms with E-state index < -0.39 is 0 Å². The highest BCUT2D eigenvalue weighted by molar-refractivity contribution is 5.18. The second-order valence-corrected chi connectivity index (χ2v) is 5.81. The van der Waals surface area contributed by atoms with Crippen LogP contribution in [0.1, 0.15) is 64.0 Å². The first-order chi connectivity index (χ1) is 8.79. The highest BCUT2D eigenvalue weighted by Gasteiger charge is 2.32. The lowest BCUT2D eigenvalue weighted by Crippen LogP contribution is -2.34. The Bertz CT molecular complexity index is 338. The van der Waals surface area contributed by atoms with Crippen molar-refractivity contribution < 1.29 is 0 Å². The maximum Gasteiger partial charge on any atom is 0.0317 e. The molecule has 18 heavy (non-hydrogen) atoms. The third-order valence-electron chi connectivity index (χ3n) is 4.75. The monoisotopic (exact) mass is 245 g/mol. The normalized spacial score (nSPS) is 19.9. The molecule has 1 unspecified atom stereocenters. The van der Waals surface area contributed by atoms with Crippen LogP contribution in [0, 0.1) is 5.41 Å². The third kappa shape index (κ3) is 3.14. The van der Waals surface area contributed by atoms with E-state index in [0.29, 0.717) is 11.5 Å². The summed E-state index contributed by atoms with van der Waals surface area (Å²) in [4.78, 5) is 0. The first-order valence-electron chi connectivity index (χ1n) is 7.58. The van der Waals surface area contributed by atoms with Gasteiger partial charge in [-0.15, -0.1) is 0 Å². The summed E-state index contributed by atoms with van der Waals surface area (Å²) in [6.45, 7) is 5.82. The molecule has 1 aliphatic rings. The molecule has 1 saturated carbocycles. The summed E-state index contributed by atoms with van der Waals surface area (Å²) < 4.78 is 0. The van der Waals surface area contributed by atoms with Crippen LogP contribution in [0.3, 0.4) is 0 Å². The summed E-state index contributed by atoms with van der Waals surface area (Å²) in [5, 5.41) is 3.82. The Kier molecular flexibility index (Phi) is 4.82. The van der Waals surface area contributed by atoms with E-state index in [1.165, 1.54) is 50.6 Å². The molecule has 1 aromatic carbocycles. The number of hydrogen-bond acceptors (Lipinski definition) is 1. The van der Waals surface area contributed by atoms with Crippen LogP contribution in [-0.4, -0.2) is 6.54 Å². The lowest BCUT2D eigenvalue weighted by atomic mass is 9.83. The Labute approximate surface area is 112 Å². The predicted molar refractivity (Wildman–Crippen MR) is 78.7 cm³/mol. The van der Waals surface area contributed by atoms with Crippen LogP contribution in [0.5, 0.6) is 0 Å². The number of nitrogens with one attached hydrogen (secondary N) is 1. The predicted octanol–water partition coefficient (Wildman–Crippen LogP) is 4.70. The molecule has 1 heteroatoms. The van der Waals surface area contributed by atoms with Crippen molar-refractivity contribution in [2.24, 2.45) is 5.41 Å². The molecule has 0 spiro atoms. The number of benzene rings is 1. The molecule has 0 aliphatic heterocycles. The van der Waals surface area contributed by atoms with Crippen molar-refractivity contribution >= 4 is 0 Å². The molecule has 1 aliphatic carbocycles. The van der Waals surface area contributed by atoms with Crippen molar-refractivity contribution in [2.75, 3.05) is 6.54 Å². The molecule has 0 saturated heterocycles. The molecule has 1 aromatic rings. The molecule has 1 nitrogen and oxygen atoms in total. The second-order valence-electron chi connectivity index (χ2n) is 5.81. The highest BCUT2D eigenvalue weighted by atomic mass is 14.9. The Morgan fingerprint density at radius 1 is 1.11 bits per heavy atom. The van der Waals surface area contributed by atoms with E-state index in [1.54, 1.807) is 0 Å². The van der Waals surface area contributed by atoms with Gasteiger partial charge in [-0.2, -0.15) is 0 Å². The average Bonchev–Trinajstić information content (AvgIpc) is 2.90. The van der Waals surface area contributed by atoms with E-state index in [4.69, 9.17) is 0 Å². The maximum absolute atomic E-state index is 3.82. The van der Waals surface area contributed by atoms with Gasteiger partial charge in [0.1, 0.15) is 0 Å². The summed E-state index contributed by atoms with van der Waals surface area (Å²) in [6.07, 6.45) is 8.19. The van der Waals surface area contributed by atoms with Crippen LogP contribution >= 0.6 is 0 Å². The number of rotatable bonds is 6. The van der Waals surface area contributed by atoms with Gasteiger partial charge in [0.05, 0.1) is 0 Å². The summed E-state index contributed by atoms with van der Waals surface area (Å²) in [5.41, 5.74) is 2.02. The Balaban J connectivity index is 1.95. The molecule has 0 radical (unpaired) electrons. The minimum atomic E-state index is 0.523. The van der Waals surface area contributed by atoms with Crippen LogP contribution in [0.2, 0.25) is 0 Å². The lowest BCUT2D eigenvalue weighted by Gasteiger charge is -2.30. The Morgan fingerprint density at radius 3 is 2.33 bits per heavy atom. The van der Waals surface area contributed by atoms with Gasteiger partial charge in [-0.25, -0.2) is 0 Å².